The Labute approximate surface area is 122 Å². The van der Waals surface area contributed by atoms with E-state index in [1.165, 1.54) is 0 Å². The molecule has 0 fully saturated rings. The average Bonchev–Trinajstić information content (AvgIpc) is 2.98. The van der Waals surface area contributed by atoms with Crippen LogP contribution in [0.5, 0.6) is 5.88 Å². The number of aryl methyl sites for hydroxylation is 1. The average molecular weight is 297 g/mol. The number of rotatable bonds is 7. The summed E-state index contributed by atoms with van der Waals surface area (Å²) in [7, 11) is 5.38. The molecule has 0 unspecified atom stereocenters. The van der Waals surface area contributed by atoms with E-state index in [-0.39, 0.29) is 0 Å². The second-order valence-electron chi connectivity index (χ2n) is 4.14. The number of hydrogen-bond donors (Lipinski definition) is 0. The SMILES string of the molecule is CCOCCSc1nnc(-c2cn(C)nc2OC)n1C. The lowest BCUT2D eigenvalue weighted by Crippen LogP contribution is -1.99. The molecule has 20 heavy (non-hydrogen) atoms. The summed E-state index contributed by atoms with van der Waals surface area (Å²) < 4.78 is 14.2. The molecule has 0 aliphatic heterocycles. The lowest BCUT2D eigenvalue weighted by atomic mass is 10.3. The van der Waals surface area contributed by atoms with Gasteiger partial charge in [-0.15, -0.1) is 15.3 Å². The summed E-state index contributed by atoms with van der Waals surface area (Å²) in [5, 5.41) is 13.5. The van der Waals surface area contributed by atoms with Crippen LogP contribution in [-0.4, -0.2) is 50.6 Å². The van der Waals surface area contributed by atoms with E-state index in [9.17, 15) is 0 Å². The summed E-state index contributed by atoms with van der Waals surface area (Å²) >= 11 is 1.62. The summed E-state index contributed by atoms with van der Waals surface area (Å²) in [5.41, 5.74) is 0.835. The van der Waals surface area contributed by atoms with Crippen molar-refractivity contribution >= 4 is 11.8 Å². The fraction of sp³-hybridized carbons (Fsp3) is 0.583. The first-order valence-corrected chi connectivity index (χ1v) is 7.33. The molecule has 0 radical (unpaired) electrons. The lowest BCUT2D eigenvalue weighted by Gasteiger charge is -2.03. The molecule has 0 saturated carbocycles. The molecule has 0 amide bonds. The maximum Gasteiger partial charge on any atom is 0.243 e. The van der Waals surface area contributed by atoms with E-state index in [1.54, 1.807) is 23.6 Å². The number of nitrogens with zero attached hydrogens (tertiary/aromatic N) is 5. The number of hydrogen-bond acceptors (Lipinski definition) is 6. The van der Waals surface area contributed by atoms with E-state index in [1.807, 2.05) is 31.8 Å². The van der Waals surface area contributed by atoms with E-state index >= 15 is 0 Å². The first-order valence-electron chi connectivity index (χ1n) is 6.35. The fourth-order valence-corrected chi connectivity index (χ4v) is 2.55. The molecule has 2 heterocycles. The second kappa shape index (κ2) is 6.76. The highest BCUT2D eigenvalue weighted by molar-refractivity contribution is 7.99. The maximum absolute atomic E-state index is 5.31. The van der Waals surface area contributed by atoms with Crippen LogP contribution < -0.4 is 4.74 Å². The molecule has 0 aliphatic carbocycles. The maximum atomic E-state index is 5.31. The molecule has 110 valence electrons. The van der Waals surface area contributed by atoms with Crippen LogP contribution in [-0.2, 0) is 18.8 Å². The van der Waals surface area contributed by atoms with E-state index in [0.717, 1.165) is 28.9 Å². The van der Waals surface area contributed by atoms with Crippen LogP contribution in [0, 0.1) is 0 Å². The van der Waals surface area contributed by atoms with Crippen LogP contribution in [0.2, 0.25) is 0 Å². The van der Waals surface area contributed by atoms with Gasteiger partial charge in [-0.2, -0.15) is 0 Å². The zero-order valence-corrected chi connectivity index (χ0v) is 13.0. The third-order valence-electron chi connectivity index (χ3n) is 2.73. The highest BCUT2D eigenvalue weighted by Gasteiger charge is 2.18. The number of thioether (sulfide) groups is 1. The van der Waals surface area contributed by atoms with Crippen molar-refractivity contribution in [2.24, 2.45) is 14.1 Å². The van der Waals surface area contributed by atoms with Gasteiger partial charge in [0, 0.05) is 32.7 Å². The molecule has 8 heteroatoms. The van der Waals surface area contributed by atoms with E-state index < -0.39 is 0 Å². The van der Waals surface area contributed by atoms with Crippen molar-refractivity contribution in [1.82, 2.24) is 24.5 Å². The van der Waals surface area contributed by atoms with Crippen LogP contribution in [0.3, 0.4) is 0 Å². The van der Waals surface area contributed by atoms with Crippen molar-refractivity contribution in [3.8, 4) is 17.3 Å². The van der Waals surface area contributed by atoms with Gasteiger partial charge in [0.15, 0.2) is 11.0 Å². The Morgan fingerprint density at radius 2 is 2.10 bits per heavy atom. The van der Waals surface area contributed by atoms with Gasteiger partial charge in [-0.25, -0.2) is 0 Å². The summed E-state index contributed by atoms with van der Waals surface area (Å²) in [4.78, 5) is 0. The van der Waals surface area contributed by atoms with Crippen LogP contribution >= 0.6 is 11.8 Å². The van der Waals surface area contributed by atoms with Crippen LogP contribution in [0.15, 0.2) is 11.4 Å². The molecule has 2 aromatic heterocycles. The van der Waals surface area contributed by atoms with E-state index in [0.29, 0.717) is 12.5 Å². The number of methoxy groups -OCH3 is 1. The standard InChI is InChI=1S/C12H19N5O2S/c1-5-19-6-7-20-12-14-13-10(17(12)3)9-8-16(2)15-11(9)18-4/h8H,5-7H2,1-4H3. The summed E-state index contributed by atoms with van der Waals surface area (Å²) in [6, 6.07) is 0. The van der Waals surface area contributed by atoms with Gasteiger partial charge in [0.2, 0.25) is 5.88 Å². The minimum Gasteiger partial charge on any atom is -0.479 e. The van der Waals surface area contributed by atoms with E-state index in [2.05, 4.69) is 15.3 Å². The molecule has 0 atom stereocenters. The van der Waals surface area contributed by atoms with Crippen molar-refractivity contribution in [2.75, 3.05) is 26.1 Å². The predicted molar refractivity (Wildman–Crippen MR) is 77.0 cm³/mol. The fourth-order valence-electron chi connectivity index (χ4n) is 1.78. The Balaban J connectivity index is 2.15. The smallest absolute Gasteiger partial charge is 0.243 e. The zero-order chi connectivity index (χ0) is 14.5. The number of ether oxygens (including phenoxy) is 2. The molecule has 0 aromatic carbocycles. The van der Waals surface area contributed by atoms with Gasteiger partial charge < -0.3 is 14.0 Å². The molecule has 0 spiro atoms. The Morgan fingerprint density at radius 1 is 1.30 bits per heavy atom. The predicted octanol–water partition coefficient (Wildman–Crippen LogP) is 1.35. The van der Waals surface area contributed by atoms with Crippen molar-refractivity contribution < 1.29 is 9.47 Å². The van der Waals surface area contributed by atoms with Gasteiger partial charge in [-0.1, -0.05) is 11.8 Å². The lowest BCUT2D eigenvalue weighted by molar-refractivity contribution is 0.164. The Bertz CT molecular complexity index is 566. The molecular formula is C12H19N5O2S. The summed E-state index contributed by atoms with van der Waals surface area (Å²) in [6.45, 7) is 3.43. The van der Waals surface area contributed by atoms with Gasteiger partial charge in [0.25, 0.3) is 0 Å². The van der Waals surface area contributed by atoms with Gasteiger partial charge >= 0.3 is 0 Å². The Hall–Kier alpha value is -1.54. The third-order valence-corrected chi connectivity index (χ3v) is 3.71. The molecular weight excluding hydrogens is 278 g/mol. The van der Waals surface area contributed by atoms with Gasteiger partial charge in [0.1, 0.15) is 5.56 Å². The van der Waals surface area contributed by atoms with Crippen molar-refractivity contribution in [3.63, 3.8) is 0 Å². The van der Waals surface area contributed by atoms with Gasteiger partial charge in [-0.3, -0.25) is 4.68 Å². The molecule has 2 rings (SSSR count). The summed E-state index contributed by atoms with van der Waals surface area (Å²) in [5.74, 6) is 2.15. The highest BCUT2D eigenvalue weighted by Crippen LogP contribution is 2.28. The van der Waals surface area contributed by atoms with Crippen LogP contribution in [0.1, 0.15) is 6.92 Å². The van der Waals surface area contributed by atoms with Gasteiger partial charge in [0.05, 0.1) is 13.7 Å². The number of aromatic nitrogens is 5. The summed E-state index contributed by atoms with van der Waals surface area (Å²) in [6.07, 6.45) is 1.87. The van der Waals surface area contributed by atoms with Crippen LogP contribution in [0.4, 0.5) is 0 Å². The molecule has 7 nitrogen and oxygen atoms in total. The second-order valence-corrected chi connectivity index (χ2v) is 5.20. The van der Waals surface area contributed by atoms with Crippen molar-refractivity contribution in [3.05, 3.63) is 6.20 Å². The highest BCUT2D eigenvalue weighted by atomic mass is 32.2. The van der Waals surface area contributed by atoms with Gasteiger partial charge in [-0.05, 0) is 6.92 Å². The monoisotopic (exact) mass is 297 g/mol. The Kier molecular flexibility index (Phi) is 5.02. The molecule has 0 N–H and O–H groups in total. The van der Waals surface area contributed by atoms with Crippen molar-refractivity contribution in [1.29, 1.82) is 0 Å². The van der Waals surface area contributed by atoms with Crippen molar-refractivity contribution in [2.45, 2.75) is 12.1 Å². The third kappa shape index (κ3) is 3.13. The molecule has 0 aliphatic rings. The first-order chi connectivity index (χ1) is 9.67. The zero-order valence-electron chi connectivity index (χ0n) is 12.2. The normalized spacial score (nSPS) is 11.0. The molecule has 2 aromatic rings. The minimum atomic E-state index is 0.550. The minimum absolute atomic E-state index is 0.550. The van der Waals surface area contributed by atoms with Crippen LogP contribution in [0.25, 0.3) is 11.4 Å². The molecule has 0 bridgehead atoms. The largest absolute Gasteiger partial charge is 0.479 e. The quantitative estimate of drug-likeness (QED) is 0.568. The first kappa shape index (κ1) is 14.9. The van der Waals surface area contributed by atoms with E-state index in [4.69, 9.17) is 9.47 Å². The molecule has 0 saturated heterocycles. The Morgan fingerprint density at radius 3 is 2.80 bits per heavy atom. The topological polar surface area (TPSA) is 67.0 Å².